The van der Waals surface area contributed by atoms with Gasteiger partial charge in [-0.1, -0.05) is 12.3 Å². The molecule has 5 nitrogen and oxygen atoms in total. The van der Waals surface area contributed by atoms with Gasteiger partial charge in [0.1, 0.15) is 11.8 Å². The van der Waals surface area contributed by atoms with E-state index in [1.54, 1.807) is 6.92 Å². The van der Waals surface area contributed by atoms with Crippen LogP contribution in [0.5, 0.6) is 0 Å². The highest BCUT2D eigenvalue weighted by Crippen LogP contribution is 2.38. The second-order valence-electron chi connectivity index (χ2n) is 5.39. The lowest BCUT2D eigenvalue weighted by atomic mass is 9.77. The molecular weight excluding hydrogens is 270 g/mol. The maximum atomic E-state index is 12.0. The fraction of sp³-hybridized carbons (Fsp3) is 0.625. The Morgan fingerprint density at radius 3 is 2.81 bits per heavy atom. The second kappa shape index (κ2) is 7.28. The molecule has 5 heteroatoms. The molecule has 1 saturated carbocycles. The third kappa shape index (κ3) is 3.64. The van der Waals surface area contributed by atoms with E-state index in [4.69, 9.17) is 15.9 Å². The highest BCUT2D eigenvalue weighted by atomic mass is 16.5. The van der Waals surface area contributed by atoms with Crippen molar-refractivity contribution in [3.63, 3.8) is 0 Å². The zero-order chi connectivity index (χ0) is 15.2. The number of ether oxygens (including phenoxy) is 2. The molecule has 1 saturated heterocycles. The molecular formula is C16H21NO4. The lowest BCUT2D eigenvalue weighted by Crippen LogP contribution is -2.38. The SMILES string of the molecule is C#CC1CC(=C(NC=O)C(=O)OCC)CC(C2CCC2)O1. The summed E-state index contributed by atoms with van der Waals surface area (Å²) in [6.45, 7) is 1.99. The number of esters is 1. The molecule has 1 aliphatic heterocycles. The summed E-state index contributed by atoms with van der Waals surface area (Å²) >= 11 is 0. The topological polar surface area (TPSA) is 64.6 Å². The maximum absolute atomic E-state index is 12.0. The molecule has 1 amide bonds. The smallest absolute Gasteiger partial charge is 0.354 e. The third-order valence-electron chi connectivity index (χ3n) is 4.12. The van der Waals surface area contributed by atoms with E-state index in [1.165, 1.54) is 6.42 Å². The zero-order valence-corrected chi connectivity index (χ0v) is 12.3. The number of hydrogen-bond acceptors (Lipinski definition) is 4. The molecule has 0 aromatic carbocycles. The zero-order valence-electron chi connectivity index (χ0n) is 12.3. The molecule has 2 fully saturated rings. The number of carbonyl (C=O) groups excluding carboxylic acids is 2. The summed E-state index contributed by atoms with van der Waals surface area (Å²) in [5.41, 5.74) is 1.05. The summed E-state index contributed by atoms with van der Waals surface area (Å²) in [7, 11) is 0. The molecule has 21 heavy (non-hydrogen) atoms. The first-order valence-corrected chi connectivity index (χ1v) is 7.40. The molecule has 0 aromatic heterocycles. The van der Waals surface area contributed by atoms with Gasteiger partial charge in [0.2, 0.25) is 6.41 Å². The van der Waals surface area contributed by atoms with Crippen molar-refractivity contribution < 1.29 is 19.1 Å². The quantitative estimate of drug-likeness (QED) is 0.361. The van der Waals surface area contributed by atoms with E-state index in [1.807, 2.05) is 0 Å². The molecule has 1 heterocycles. The number of carbonyl (C=O) groups is 2. The predicted molar refractivity (Wildman–Crippen MR) is 76.9 cm³/mol. The highest BCUT2D eigenvalue weighted by Gasteiger charge is 2.35. The van der Waals surface area contributed by atoms with Crippen LogP contribution in [0.4, 0.5) is 0 Å². The predicted octanol–water partition coefficient (Wildman–Crippen LogP) is 1.53. The number of rotatable bonds is 5. The van der Waals surface area contributed by atoms with E-state index in [-0.39, 0.29) is 24.5 Å². The largest absolute Gasteiger partial charge is 0.461 e. The average molecular weight is 291 g/mol. The van der Waals surface area contributed by atoms with Crippen molar-refractivity contribution in [2.75, 3.05) is 6.61 Å². The van der Waals surface area contributed by atoms with Crippen LogP contribution in [-0.4, -0.2) is 31.2 Å². The minimum atomic E-state index is -0.510. The van der Waals surface area contributed by atoms with Crippen LogP contribution in [0.1, 0.15) is 39.0 Å². The van der Waals surface area contributed by atoms with Gasteiger partial charge in [-0.15, -0.1) is 6.42 Å². The Bertz CT molecular complexity index is 473. The van der Waals surface area contributed by atoms with Gasteiger partial charge < -0.3 is 14.8 Å². The van der Waals surface area contributed by atoms with Gasteiger partial charge in [-0.25, -0.2) is 4.79 Å². The Balaban J connectivity index is 2.22. The summed E-state index contributed by atoms with van der Waals surface area (Å²) in [6.07, 6.45) is 10.2. The van der Waals surface area contributed by atoms with Gasteiger partial charge in [0.15, 0.2) is 0 Å². The van der Waals surface area contributed by atoms with Gasteiger partial charge in [-0.2, -0.15) is 0 Å². The van der Waals surface area contributed by atoms with E-state index < -0.39 is 5.97 Å². The molecule has 0 radical (unpaired) electrons. The van der Waals surface area contributed by atoms with Crippen LogP contribution >= 0.6 is 0 Å². The normalized spacial score (nSPS) is 28.0. The molecule has 2 atom stereocenters. The summed E-state index contributed by atoms with van der Waals surface area (Å²) in [5, 5.41) is 2.48. The van der Waals surface area contributed by atoms with Crippen LogP contribution in [0.3, 0.4) is 0 Å². The van der Waals surface area contributed by atoms with Crippen molar-refractivity contribution in [1.29, 1.82) is 0 Å². The molecule has 114 valence electrons. The molecule has 2 rings (SSSR count). The van der Waals surface area contributed by atoms with Crippen molar-refractivity contribution in [2.45, 2.75) is 51.2 Å². The molecule has 2 unspecified atom stereocenters. The van der Waals surface area contributed by atoms with Crippen LogP contribution < -0.4 is 5.32 Å². The first-order valence-electron chi connectivity index (χ1n) is 7.40. The monoisotopic (exact) mass is 291 g/mol. The second-order valence-corrected chi connectivity index (χ2v) is 5.39. The van der Waals surface area contributed by atoms with Crippen LogP contribution in [0.2, 0.25) is 0 Å². The summed E-state index contributed by atoms with van der Waals surface area (Å²) in [4.78, 5) is 22.8. The van der Waals surface area contributed by atoms with E-state index in [9.17, 15) is 9.59 Å². The molecule has 0 bridgehead atoms. The molecule has 2 aliphatic rings. The lowest BCUT2D eigenvalue weighted by Gasteiger charge is -2.39. The van der Waals surface area contributed by atoms with Crippen LogP contribution in [0, 0.1) is 18.3 Å². The van der Waals surface area contributed by atoms with E-state index in [0.29, 0.717) is 25.2 Å². The Kier molecular flexibility index (Phi) is 5.40. The van der Waals surface area contributed by atoms with Gasteiger partial charge in [0.25, 0.3) is 0 Å². The van der Waals surface area contributed by atoms with Crippen LogP contribution in [0.25, 0.3) is 0 Å². The Morgan fingerprint density at radius 1 is 1.52 bits per heavy atom. The van der Waals surface area contributed by atoms with Crippen LogP contribution in [-0.2, 0) is 19.1 Å². The van der Waals surface area contributed by atoms with Gasteiger partial charge in [0, 0.05) is 6.42 Å². The van der Waals surface area contributed by atoms with Crippen molar-refractivity contribution in [2.24, 2.45) is 5.92 Å². The number of terminal acetylenes is 1. The van der Waals surface area contributed by atoms with Crippen LogP contribution in [0.15, 0.2) is 11.3 Å². The molecule has 0 aromatic rings. The Hall–Kier alpha value is -1.80. The van der Waals surface area contributed by atoms with Crippen molar-refractivity contribution >= 4 is 12.4 Å². The first-order chi connectivity index (χ1) is 10.2. The first kappa shape index (κ1) is 15.6. The van der Waals surface area contributed by atoms with Crippen molar-refractivity contribution in [3.8, 4) is 12.3 Å². The van der Waals surface area contributed by atoms with Crippen molar-refractivity contribution in [3.05, 3.63) is 11.3 Å². The third-order valence-corrected chi connectivity index (χ3v) is 4.12. The Morgan fingerprint density at radius 2 is 2.29 bits per heavy atom. The van der Waals surface area contributed by atoms with Gasteiger partial charge in [-0.3, -0.25) is 4.79 Å². The number of nitrogens with one attached hydrogen (secondary N) is 1. The molecule has 0 spiro atoms. The standard InChI is InChI=1S/C16H21NO4/c1-3-13-8-12(9-14(21-13)11-6-5-7-11)15(17-10-18)16(19)20-4-2/h1,10-11,13-14H,4-9H2,2H3,(H,17,18). The molecule has 1 aliphatic carbocycles. The Labute approximate surface area is 125 Å². The van der Waals surface area contributed by atoms with E-state index in [2.05, 4.69) is 11.2 Å². The summed E-state index contributed by atoms with van der Waals surface area (Å²) in [5.74, 6) is 2.60. The maximum Gasteiger partial charge on any atom is 0.354 e. The summed E-state index contributed by atoms with van der Waals surface area (Å²) < 4.78 is 10.9. The fourth-order valence-corrected chi connectivity index (χ4v) is 2.82. The minimum absolute atomic E-state index is 0.0291. The lowest BCUT2D eigenvalue weighted by molar-refractivity contribution is -0.139. The van der Waals surface area contributed by atoms with E-state index in [0.717, 1.165) is 18.4 Å². The highest BCUT2D eigenvalue weighted by molar-refractivity contribution is 5.91. The number of hydrogen-bond donors (Lipinski definition) is 1. The van der Waals surface area contributed by atoms with Gasteiger partial charge >= 0.3 is 5.97 Å². The van der Waals surface area contributed by atoms with Gasteiger partial charge in [0.05, 0.1) is 12.7 Å². The summed E-state index contributed by atoms with van der Waals surface area (Å²) in [6, 6.07) is 0. The van der Waals surface area contributed by atoms with Gasteiger partial charge in [-0.05, 0) is 37.7 Å². The average Bonchev–Trinajstić information content (AvgIpc) is 2.42. The van der Waals surface area contributed by atoms with E-state index >= 15 is 0 Å². The number of amides is 1. The molecule has 1 N–H and O–H groups in total. The fourth-order valence-electron chi connectivity index (χ4n) is 2.82. The van der Waals surface area contributed by atoms with Crippen molar-refractivity contribution in [1.82, 2.24) is 5.32 Å². The minimum Gasteiger partial charge on any atom is -0.461 e.